The van der Waals surface area contributed by atoms with E-state index in [1.165, 1.54) is 6.92 Å². The van der Waals surface area contributed by atoms with Crippen molar-refractivity contribution in [1.29, 1.82) is 5.26 Å². The molecule has 1 saturated carbocycles. The van der Waals surface area contributed by atoms with Gasteiger partial charge in [0.05, 0.1) is 18.7 Å². The molecule has 2 saturated heterocycles. The highest BCUT2D eigenvalue weighted by atomic mass is 32.2. The number of nitrogens with one attached hydrogen (secondary N) is 1. The number of ether oxygens (including phenoxy) is 1. The third-order valence-electron chi connectivity index (χ3n) is 7.50. The van der Waals surface area contributed by atoms with E-state index in [4.69, 9.17) is 4.74 Å². The summed E-state index contributed by atoms with van der Waals surface area (Å²) in [6.45, 7) is 2.48. The monoisotopic (exact) mass is 479 g/mol. The molecule has 1 N–H and O–H groups in total. The lowest BCUT2D eigenvalue weighted by Crippen LogP contribution is -2.53. The van der Waals surface area contributed by atoms with Gasteiger partial charge in [0.15, 0.2) is 5.25 Å². The van der Waals surface area contributed by atoms with Gasteiger partial charge in [0.2, 0.25) is 10.0 Å². The highest BCUT2D eigenvalue weighted by molar-refractivity contribution is 7.90. The third kappa shape index (κ3) is 4.24. The van der Waals surface area contributed by atoms with E-state index in [1.54, 1.807) is 0 Å². The van der Waals surface area contributed by atoms with Crippen molar-refractivity contribution >= 4 is 15.9 Å². The van der Waals surface area contributed by atoms with Gasteiger partial charge in [-0.15, -0.1) is 0 Å². The molecule has 0 aromatic heterocycles. The molecule has 0 bridgehead atoms. The molecule has 2 aromatic rings. The fourth-order valence-electron chi connectivity index (χ4n) is 5.16. The molecule has 2 aromatic carbocycles. The largest absolute Gasteiger partial charge is 0.368 e. The SMILES string of the molecule is CC(C#N)S(=O)(=O)N[C@@H]1[C@H](Cc2cccc(-c3ccccc3)c2)N(C(=O)[C@H]2CCO2)CC12CC2. The maximum absolute atomic E-state index is 13.3. The van der Waals surface area contributed by atoms with Crippen molar-refractivity contribution in [2.24, 2.45) is 5.41 Å². The first kappa shape index (κ1) is 23.0. The number of amides is 1. The minimum absolute atomic E-state index is 0.0585. The number of likely N-dealkylation sites (tertiary alicyclic amines) is 1. The van der Waals surface area contributed by atoms with E-state index in [0.717, 1.165) is 29.5 Å². The van der Waals surface area contributed by atoms with Crippen LogP contribution in [0.4, 0.5) is 0 Å². The Kier molecular flexibility index (Phi) is 5.96. The lowest BCUT2D eigenvalue weighted by atomic mass is 9.91. The number of hydrogen-bond acceptors (Lipinski definition) is 5. The highest BCUT2D eigenvalue weighted by Gasteiger charge is 2.62. The van der Waals surface area contributed by atoms with E-state index < -0.39 is 27.4 Å². The van der Waals surface area contributed by atoms with Crippen LogP contribution >= 0.6 is 0 Å². The second kappa shape index (κ2) is 8.81. The van der Waals surface area contributed by atoms with Gasteiger partial charge in [-0.1, -0.05) is 54.6 Å². The maximum atomic E-state index is 13.3. The molecule has 2 aliphatic heterocycles. The van der Waals surface area contributed by atoms with Crippen LogP contribution < -0.4 is 4.72 Å². The molecule has 4 atom stereocenters. The second-order valence-corrected chi connectivity index (χ2v) is 11.8. The summed E-state index contributed by atoms with van der Waals surface area (Å²) in [5, 5.41) is 8.07. The second-order valence-electron chi connectivity index (χ2n) is 9.73. The predicted octanol–water partition coefficient (Wildman–Crippen LogP) is 2.88. The maximum Gasteiger partial charge on any atom is 0.252 e. The Morgan fingerprint density at radius 2 is 1.91 bits per heavy atom. The normalized spacial score (nSPS) is 26.0. The van der Waals surface area contributed by atoms with E-state index in [9.17, 15) is 18.5 Å². The average molecular weight is 480 g/mol. The Morgan fingerprint density at radius 1 is 1.21 bits per heavy atom. The van der Waals surface area contributed by atoms with Gasteiger partial charge >= 0.3 is 0 Å². The molecule has 1 aliphatic carbocycles. The summed E-state index contributed by atoms with van der Waals surface area (Å²) in [7, 11) is -3.84. The van der Waals surface area contributed by atoms with Gasteiger partial charge < -0.3 is 9.64 Å². The summed E-state index contributed by atoms with van der Waals surface area (Å²) in [6.07, 6.45) is 2.49. The van der Waals surface area contributed by atoms with E-state index in [2.05, 4.69) is 29.0 Å². The molecule has 5 rings (SSSR count). The van der Waals surface area contributed by atoms with Crippen LogP contribution in [0, 0.1) is 16.7 Å². The van der Waals surface area contributed by atoms with Gasteiger partial charge in [-0.3, -0.25) is 4.79 Å². The Balaban J connectivity index is 1.48. The van der Waals surface area contributed by atoms with Gasteiger partial charge in [-0.2, -0.15) is 5.26 Å². The first-order valence-electron chi connectivity index (χ1n) is 11.8. The molecule has 3 fully saturated rings. The first-order valence-corrected chi connectivity index (χ1v) is 13.3. The Bertz CT molecular complexity index is 1220. The number of nitrogens with zero attached hydrogens (tertiary/aromatic N) is 2. The lowest BCUT2D eigenvalue weighted by Gasteiger charge is -2.34. The fourth-order valence-corrected chi connectivity index (χ4v) is 6.26. The molecule has 178 valence electrons. The van der Waals surface area contributed by atoms with Gasteiger partial charge in [0, 0.05) is 24.4 Å². The van der Waals surface area contributed by atoms with Crippen molar-refractivity contribution in [3.8, 4) is 17.2 Å². The van der Waals surface area contributed by atoms with Gasteiger partial charge in [0.25, 0.3) is 5.91 Å². The molecular formula is C26H29N3O4S. The van der Waals surface area contributed by atoms with Gasteiger partial charge in [-0.25, -0.2) is 13.1 Å². The molecule has 3 aliphatic rings. The van der Waals surface area contributed by atoms with Gasteiger partial charge in [0.1, 0.15) is 6.10 Å². The van der Waals surface area contributed by atoms with Crippen LogP contribution in [0.15, 0.2) is 54.6 Å². The standard InChI is InChI=1S/C26H29N3O4S/c1-18(16-27)34(31,32)28-24-22(29(17-26(24)11-12-26)25(30)23-10-13-33-23)15-19-6-5-9-21(14-19)20-7-3-2-4-8-20/h2-9,14,18,22-24,28H,10-13,15,17H2,1H3/t18?,22-,23+,24+/m0/s1. The minimum Gasteiger partial charge on any atom is -0.368 e. The minimum atomic E-state index is -3.84. The lowest BCUT2D eigenvalue weighted by molar-refractivity contribution is -0.157. The molecule has 34 heavy (non-hydrogen) atoms. The Hall–Kier alpha value is -2.73. The van der Waals surface area contributed by atoms with E-state index in [0.29, 0.717) is 26.0 Å². The number of benzene rings is 2. The summed E-state index contributed by atoms with van der Waals surface area (Å²) >= 11 is 0. The van der Waals surface area contributed by atoms with Crippen LogP contribution in [0.25, 0.3) is 11.1 Å². The summed E-state index contributed by atoms with van der Waals surface area (Å²) in [6, 6.07) is 19.3. The van der Waals surface area contributed by atoms with Crippen LogP contribution in [-0.4, -0.2) is 55.8 Å². The van der Waals surface area contributed by atoms with Crippen molar-refractivity contribution in [3.63, 3.8) is 0 Å². The fraction of sp³-hybridized carbons (Fsp3) is 0.462. The van der Waals surface area contributed by atoms with E-state index in [-0.39, 0.29) is 17.4 Å². The smallest absolute Gasteiger partial charge is 0.252 e. The van der Waals surface area contributed by atoms with Crippen molar-refractivity contribution < 1.29 is 17.9 Å². The molecule has 1 spiro atoms. The summed E-state index contributed by atoms with van der Waals surface area (Å²) in [5.74, 6) is -0.0585. The van der Waals surface area contributed by atoms with Crippen molar-refractivity contribution in [3.05, 3.63) is 60.2 Å². The van der Waals surface area contributed by atoms with Crippen LogP contribution in [0.3, 0.4) is 0 Å². The highest BCUT2D eigenvalue weighted by Crippen LogP contribution is 2.56. The number of carbonyl (C=O) groups is 1. The first-order chi connectivity index (χ1) is 16.3. The Morgan fingerprint density at radius 3 is 2.53 bits per heavy atom. The number of sulfonamides is 1. The molecule has 1 unspecified atom stereocenters. The molecule has 0 radical (unpaired) electrons. The zero-order valence-electron chi connectivity index (χ0n) is 19.2. The van der Waals surface area contributed by atoms with E-state index in [1.807, 2.05) is 41.3 Å². The number of nitriles is 1. The van der Waals surface area contributed by atoms with Gasteiger partial charge in [-0.05, 0) is 42.9 Å². The Labute approximate surface area is 200 Å². The van der Waals surface area contributed by atoms with Crippen LogP contribution in [0.1, 0.15) is 31.7 Å². The summed E-state index contributed by atoms with van der Waals surface area (Å²) in [5.41, 5.74) is 2.94. The third-order valence-corrected chi connectivity index (χ3v) is 9.12. The molecule has 8 heteroatoms. The number of hydrogen-bond donors (Lipinski definition) is 1. The quantitative estimate of drug-likeness (QED) is 0.658. The number of rotatable bonds is 7. The van der Waals surface area contributed by atoms with E-state index >= 15 is 0 Å². The summed E-state index contributed by atoms with van der Waals surface area (Å²) < 4.78 is 34.1. The molecule has 2 heterocycles. The van der Waals surface area contributed by atoms with Crippen molar-refractivity contribution in [2.45, 2.75) is 56.0 Å². The number of carbonyl (C=O) groups excluding carboxylic acids is 1. The zero-order chi connectivity index (χ0) is 23.9. The molecule has 7 nitrogen and oxygen atoms in total. The topological polar surface area (TPSA) is 99.5 Å². The average Bonchev–Trinajstić information content (AvgIpc) is 3.53. The predicted molar refractivity (Wildman–Crippen MR) is 128 cm³/mol. The molecular weight excluding hydrogens is 450 g/mol. The van der Waals surface area contributed by atoms with Crippen LogP contribution in [0.2, 0.25) is 0 Å². The zero-order valence-corrected chi connectivity index (χ0v) is 20.0. The van der Waals surface area contributed by atoms with Crippen LogP contribution in [-0.2, 0) is 26.0 Å². The molecule has 1 amide bonds. The van der Waals surface area contributed by atoms with Crippen molar-refractivity contribution in [2.75, 3.05) is 13.2 Å². The van der Waals surface area contributed by atoms with Crippen LogP contribution in [0.5, 0.6) is 0 Å². The summed E-state index contributed by atoms with van der Waals surface area (Å²) in [4.78, 5) is 15.1. The van der Waals surface area contributed by atoms with Crippen molar-refractivity contribution in [1.82, 2.24) is 9.62 Å².